The highest BCUT2D eigenvalue weighted by atomic mass is 35.5. The van der Waals surface area contributed by atoms with Gasteiger partial charge >= 0.3 is 0 Å². The minimum Gasteiger partial charge on any atom is -0.360 e. The third-order valence-electron chi connectivity index (χ3n) is 2.33. The number of benzene rings is 1. The first-order valence-electron chi connectivity index (χ1n) is 4.85. The first kappa shape index (κ1) is 10.9. The minimum atomic E-state index is -0.491. The van der Waals surface area contributed by atoms with Crippen molar-refractivity contribution in [1.29, 1.82) is 0 Å². The lowest BCUT2D eigenvalue weighted by molar-refractivity contribution is -0.108. The molecule has 16 heavy (non-hydrogen) atoms. The normalized spacial score (nSPS) is 12.4. The van der Waals surface area contributed by atoms with Gasteiger partial charge in [0.25, 0.3) is 0 Å². The van der Waals surface area contributed by atoms with Crippen molar-refractivity contribution in [2.75, 3.05) is 0 Å². The standard InChI is InChI=1S/C12H10ClNO2/c1-8-6-12(16-14-8)10(7-15)9-4-2-3-5-11(9)13/h2-7,10H,1H3. The zero-order chi connectivity index (χ0) is 11.5. The summed E-state index contributed by atoms with van der Waals surface area (Å²) in [5.74, 6) is 0.0236. The zero-order valence-electron chi connectivity index (χ0n) is 8.68. The Kier molecular flexibility index (Phi) is 3.06. The molecular formula is C12H10ClNO2. The molecule has 0 N–H and O–H groups in total. The van der Waals surface area contributed by atoms with Crippen LogP contribution in [0, 0.1) is 6.92 Å². The highest BCUT2D eigenvalue weighted by Crippen LogP contribution is 2.28. The van der Waals surface area contributed by atoms with Crippen LogP contribution >= 0.6 is 11.6 Å². The predicted octanol–water partition coefficient (Wildman–Crippen LogP) is 2.97. The molecule has 3 nitrogen and oxygen atoms in total. The van der Waals surface area contributed by atoms with Crippen molar-refractivity contribution >= 4 is 17.9 Å². The summed E-state index contributed by atoms with van der Waals surface area (Å²) < 4.78 is 5.09. The summed E-state index contributed by atoms with van der Waals surface area (Å²) in [4.78, 5) is 11.1. The van der Waals surface area contributed by atoms with Crippen LogP contribution in [-0.4, -0.2) is 11.4 Å². The van der Waals surface area contributed by atoms with Crippen LogP contribution in [0.2, 0.25) is 5.02 Å². The maximum atomic E-state index is 11.1. The van der Waals surface area contributed by atoms with E-state index in [0.717, 1.165) is 17.5 Å². The van der Waals surface area contributed by atoms with Crippen molar-refractivity contribution < 1.29 is 9.32 Å². The number of halogens is 1. The molecule has 0 aliphatic carbocycles. The van der Waals surface area contributed by atoms with Gasteiger partial charge in [0.2, 0.25) is 0 Å². The minimum absolute atomic E-state index is 0.491. The number of aromatic nitrogens is 1. The fourth-order valence-electron chi connectivity index (χ4n) is 1.55. The fourth-order valence-corrected chi connectivity index (χ4v) is 1.80. The molecule has 0 aliphatic heterocycles. The van der Waals surface area contributed by atoms with Crippen molar-refractivity contribution in [2.45, 2.75) is 12.8 Å². The topological polar surface area (TPSA) is 43.1 Å². The van der Waals surface area contributed by atoms with E-state index in [1.165, 1.54) is 0 Å². The molecule has 4 heteroatoms. The summed E-state index contributed by atoms with van der Waals surface area (Å²) in [5, 5.41) is 4.31. The van der Waals surface area contributed by atoms with Gasteiger partial charge in [-0.3, -0.25) is 0 Å². The molecular weight excluding hydrogens is 226 g/mol. The summed E-state index contributed by atoms with van der Waals surface area (Å²) in [5.41, 5.74) is 1.48. The van der Waals surface area contributed by atoms with Gasteiger partial charge in [-0.15, -0.1) is 0 Å². The van der Waals surface area contributed by atoms with E-state index in [1.807, 2.05) is 19.1 Å². The van der Waals surface area contributed by atoms with Crippen LogP contribution in [0.5, 0.6) is 0 Å². The van der Waals surface area contributed by atoms with Crippen LogP contribution in [-0.2, 0) is 4.79 Å². The molecule has 0 saturated carbocycles. The zero-order valence-corrected chi connectivity index (χ0v) is 9.44. The molecule has 1 atom stereocenters. The summed E-state index contributed by atoms with van der Waals surface area (Å²) in [7, 11) is 0. The molecule has 0 fully saturated rings. The van der Waals surface area contributed by atoms with E-state index >= 15 is 0 Å². The lowest BCUT2D eigenvalue weighted by Crippen LogP contribution is -2.01. The molecule has 0 bridgehead atoms. The van der Waals surface area contributed by atoms with Gasteiger partial charge in [-0.05, 0) is 18.6 Å². The second kappa shape index (κ2) is 4.49. The first-order chi connectivity index (χ1) is 7.72. The van der Waals surface area contributed by atoms with Crippen molar-refractivity contribution in [2.24, 2.45) is 0 Å². The molecule has 0 amide bonds. The number of rotatable bonds is 3. The Labute approximate surface area is 98.0 Å². The predicted molar refractivity (Wildman–Crippen MR) is 60.6 cm³/mol. The SMILES string of the molecule is Cc1cc(C(C=O)c2ccccc2Cl)on1. The quantitative estimate of drug-likeness (QED) is 0.769. The van der Waals surface area contributed by atoms with Gasteiger partial charge in [0.15, 0.2) is 5.76 Å². The van der Waals surface area contributed by atoms with Crippen LogP contribution in [0.25, 0.3) is 0 Å². The number of hydrogen-bond donors (Lipinski definition) is 0. The molecule has 0 radical (unpaired) electrons. The number of carbonyl (C=O) groups excluding carboxylic acids is 1. The summed E-state index contributed by atoms with van der Waals surface area (Å²) in [6.45, 7) is 1.81. The Morgan fingerprint density at radius 1 is 1.44 bits per heavy atom. The lowest BCUT2D eigenvalue weighted by atomic mass is 9.98. The van der Waals surface area contributed by atoms with Gasteiger partial charge in [0.1, 0.15) is 12.2 Å². The fraction of sp³-hybridized carbons (Fsp3) is 0.167. The monoisotopic (exact) mass is 235 g/mol. The molecule has 1 unspecified atom stereocenters. The van der Waals surface area contributed by atoms with E-state index in [4.69, 9.17) is 16.1 Å². The molecule has 1 aromatic carbocycles. The van der Waals surface area contributed by atoms with Gasteiger partial charge in [-0.2, -0.15) is 0 Å². The third kappa shape index (κ3) is 1.99. The van der Waals surface area contributed by atoms with Crippen LogP contribution in [0.15, 0.2) is 34.9 Å². The lowest BCUT2D eigenvalue weighted by Gasteiger charge is -2.08. The molecule has 0 aliphatic rings. The van der Waals surface area contributed by atoms with Crippen molar-refractivity contribution in [1.82, 2.24) is 5.16 Å². The smallest absolute Gasteiger partial charge is 0.151 e. The van der Waals surface area contributed by atoms with Gasteiger partial charge in [-0.1, -0.05) is 35.0 Å². The van der Waals surface area contributed by atoms with E-state index in [9.17, 15) is 4.79 Å². The second-order valence-electron chi connectivity index (χ2n) is 3.51. The van der Waals surface area contributed by atoms with Gasteiger partial charge in [0.05, 0.1) is 5.69 Å². The number of aldehydes is 1. The molecule has 1 aromatic heterocycles. The number of aryl methyl sites for hydroxylation is 1. The molecule has 82 valence electrons. The summed E-state index contributed by atoms with van der Waals surface area (Å²) in [6, 6.07) is 8.94. The molecule has 2 aromatic rings. The van der Waals surface area contributed by atoms with E-state index < -0.39 is 5.92 Å². The summed E-state index contributed by atoms with van der Waals surface area (Å²) >= 11 is 6.03. The molecule has 0 saturated heterocycles. The molecule has 2 rings (SSSR count). The van der Waals surface area contributed by atoms with Crippen molar-refractivity contribution in [3.8, 4) is 0 Å². The highest BCUT2D eigenvalue weighted by molar-refractivity contribution is 6.31. The largest absolute Gasteiger partial charge is 0.360 e. The number of hydrogen-bond acceptors (Lipinski definition) is 3. The number of nitrogens with zero attached hydrogens (tertiary/aromatic N) is 1. The van der Waals surface area contributed by atoms with Crippen LogP contribution in [0.4, 0.5) is 0 Å². The Morgan fingerprint density at radius 3 is 2.75 bits per heavy atom. The summed E-state index contributed by atoms with van der Waals surface area (Å²) in [6.07, 6.45) is 0.807. The average Bonchev–Trinajstić information content (AvgIpc) is 2.69. The van der Waals surface area contributed by atoms with Gasteiger partial charge in [-0.25, -0.2) is 0 Å². The second-order valence-corrected chi connectivity index (χ2v) is 3.91. The maximum absolute atomic E-state index is 11.1. The molecule has 1 heterocycles. The maximum Gasteiger partial charge on any atom is 0.151 e. The number of carbonyl (C=O) groups is 1. The van der Waals surface area contributed by atoms with E-state index in [1.54, 1.807) is 18.2 Å². The van der Waals surface area contributed by atoms with Crippen molar-refractivity contribution in [3.63, 3.8) is 0 Å². The molecule has 0 spiro atoms. The van der Waals surface area contributed by atoms with E-state index in [0.29, 0.717) is 10.8 Å². The van der Waals surface area contributed by atoms with Gasteiger partial charge in [0, 0.05) is 11.1 Å². The van der Waals surface area contributed by atoms with E-state index in [-0.39, 0.29) is 0 Å². The first-order valence-corrected chi connectivity index (χ1v) is 5.23. The van der Waals surface area contributed by atoms with Crippen molar-refractivity contribution in [3.05, 3.63) is 52.4 Å². The van der Waals surface area contributed by atoms with Gasteiger partial charge < -0.3 is 9.32 Å². The van der Waals surface area contributed by atoms with E-state index in [2.05, 4.69) is 5.16 Å². The third-order valence-corrected chi connectivity index (χ3v) is 2.67. The average molecular weight is 236 g/mol. The Bertz CT molecular complexity index is 507. The Balaban J connectivity index is 2.44. The van der Waals surface area contributed by atoms with Crippen LogP contribution in [0.1, 0.15) is 22.9 Å². The van der Waals surface area contributed by atoms with Crippen LogP contribution < -0.4 is 0 Å². The Hall–Kier alpha value is -1.61. The Morgan fingerprint density at radius 2 is 2.19 bits per heavy atom. The van der Waals surface area contributed by atoms with Crippen LogP contribution in [0.3, 0.4) is 0 Å². The highest BCUT2D eigenvalue weighted by Gasteiger charge is 2.19.